The minimum absolute atomic E-state index is 0.0332. The molecule has 1 aliphatic heterocycles. The maximum absolute atomic E-state index is 14.7. The molecule has 1 aliphatic rings. The van der Waals surface area contributed by atoms with Crippen LogP contribution in [0.2, 0.25) is 0 Å². The topological polar surface area (TPSA) is 76.1 Å². The van der Waals surface area contributed by atoms with Gasteiger partial charge in [0.2, 0.25) is 0 Å². The van der Waals surface area contributed by atoms with Crippen molar-refractivity contribution in [2.24, 2.45) is 0 Å². The fourth-order valence-corrected chi connectivity index (χ4v) is 3.61. The molecule has 1 atom stereocenters. The summed E-state index contributed by atoms with van der Waals surface area (Å²) in [6.07, 6.45) is 0.501. The van der Waals surface area contributed by atoms with Gasteiger partial charge in [-0.05, 0) is 38.5 Å². The summed E-state index contributed by atoms with van der Waals surface area (Å²) in [5, 5.41) is 11.0. The normalized spacial score (nSPS) is 18.1. The minimum Gasteiger partial charge on any atom is -0.507 e. The predicted molar refractivity (Wildman–Crippen MR) is 114 cm³/mol. The molecule has 0 unspecified atom stereocenters. The van der Waals surface area contributed by atoms with Crippen molar-refractivity contribution >= 4 is 17.4 Å². The summed E-state index contributed by atoms with van der Waals surface area (Å²) in [6.45, 7) is 4.38. The van der Waals surface area contributed by atoms with Gasteiger partial charge in [0.05, 0.1) is 24.8 Å². The number of amides is 1. The van der Waals surface area contributed by atoms with Crippen molar-refractivity contribution < 1.29 is 28.6 Å². The standard InChI is InChI=1S/C24H26FNO5/c1-15(2)31-13-7-12-26-21(18-10-4-5-11-19(18)25)20(23(28)24(26)29)22(27)16-8-6-9-17(14-16)30-3/h4-6,8-11,14-15,21,27H,7,12-13H2,1-3H3/t21-/m1/s1. The van der Waals surface area contributed by atoms with Crippen molar-refractivity contribution in [1.29, 1.82) is 0 Å². The number of ketones is 1. The molecular formula is C24H26FNO5. The van der Waals surface area contributed by atoms with Crippen molar-refractivity contribution in [3.05, 3.63) is 71.0 Å². The number of nitrogens with zero attached hydrogens (tertiary/aromatic N) is 1. The van der Waals surface area contributed by atoms with Crippen LogP contribution >= 0.6 is 0 Å². The van der Waals surface area contributed by atoms with E-state index in [0.29, 0.717) is 24.3 Å². The lowest BCUT2D eigenvalue weighted by molar-refractivity contribution is -0.140. The molecule has 0 saturated carbocycles. The van der Waals surface area contributed by atoms with Gasteiger partial charge in [-0.25, -0.2) is 4.39 Å². The molecule has 1 fully saturated rings. The van der Waals surface area contributed by atoms with Crippen LogP contribution in [0.1, 0.15) is 37.4 Å². The number of hydrogen-bond donors (Lipinski definition) is 1. The highest BCUT2D eigenvalue weighted by molar-refractivity contribution is 6.46. The maximum atomic E-state index is 14.7. The van der Waals surface area contributed by atoms with E-state index in [9.17, 15) is 19.1 Å². The number of carbonyl (C=O) groups is 2. The van der Waals surface area contributed by atoms with Gasteiger partial charge in [0.15, 0.2) is 0 Å². The minimum atomic E-state index is -1.04. The molecule has 0 radical (unpaired) electrons. The Morgan fingerprint density at radius 1 is 1.16 bits per heavy atom. The van der Waals surface area contributed by atoms with Crippen LogP contribution < -0.4 is 4.74 Å². The Kier molecular flexibility index (Phi) is 7.07. The molecule has 7 heteroatoms. The van der Waals surface area contributed by atoms with Crippen LogP contribution in [0.15, 0.2) is 54.1 Å². The molecule has 1 heterocycles. The Bertz CT molecular complexity index is 1000. The van der Waals surface area contributed by atoms with Crippen LogP contribution in [-0.4, -0.2) is 48.1 Å². The number of likely N-dealkylation sites (tertiary alicyclic amines) is 1. The zero-order chi connectivity index (χ0) is 22.5. The zero-order valence-corrected chi connectivity index (χ0v) is 17.8. The number of methoxy groups -OCH3 is 1. The van der Waals surface area contributed by atoms with Gasteiger partial charge in [-0.1, -0.05) is 30.3 Å². The molecule has 1 amide bonds. The number of carbonyl (C=O) groups excluding carboxylic acids is 2. The van der Waals surface area contributed by atoms with E-state index in [1.165, 1.54) is 30.2 Å². The Morgan fingerprint density at radius 3 is 2.58 bits per heavy atom. The van der Waals surface area contributed by atoms with Gasteiger partial charge in [0.1, 0.15) is 17.3 Å². The average molecular weight is 427 g/mol. The SMILES string of the molecule is COc1cccc(C(O)=C2C(=O)C(=O)N(CCCOC(C)C)[C@@H]2c2ccccc2F)c1. The molecule has 3 rings (SSSR count). The fraction of sp³-hybridized carbons (Fsp3) is 0.333. The highest BCUT2D eigenvalue weighted by Gasteiger charge is 2.46. The predicted octanol–water partition coefficient (Wildman–Crippen LogP) is 4.07. The number of ether oxygens (including phenoxy) is 2. The first-order valence-electron chi connectivity index (χ1n) is 10.1. The van der Waals surface area contributed by atoms with E-state index in [4.69, 9.17) is 9.47 Å². The van der Waals surface area contributed by atoms with Crippen molar-refractivity contribution in [2.45, 2.75) is 32.4 Å². The molecule has 0 aromatic heterocycles. The fourth-order valence-electron chi connectivity index (χ4n) is 3.61. The summed E-state index contributed by atoms with van der Waals surface area (Å²) in [7, 11) is 1.48. The molecule has 0 spiro atoms. The molecule has 2 aromatic rings. The van der Waals surface area contributed by atoms with Crippen molar-refractivity contribution in [1.82, 2.24) is 4.90 Å². The monoisotopic (exact) mass is 427 g/mol. The second-order valence-electron chi connectivity index (χ2n) is 7.52. The Hall–Kier alpha value is -3.19. The van der Waals surface area contributed by atoms with Gasteiger partial charge in [0.25, 0.3) is 11.7 Å². The Balaban J connectivity index is 2.06. The van der Waals surface area contributed by atoms with Crippen LogP contribution in [0.3, 0.4) is 0 Å². The van der Waals surface area contributed by atoms with E-state index in [0.717, 1.165) is 0 Å². The van der Waals surface area contributed by atoms with E-state index < -0.39 is 23.5 Å². The van der Waals surface area contributed by atoms with E-state index >= 15 is 0 Å². The lowest BCUT2D eigenvalue weighted by Crippen LogP contribution is -2.31. The van der Waals surface area contributed by atoms with Crippen molar-refractivity contribution in [2.75, 3.05) is 20.3 Å². The number of hydrogen-bond acceptors (Lipinski definition) is 5. The number of Topliss-reactive ketones (excluding diaryl/α,β-unsaturated/α-hetero) is 1. The Morgan fingerprint density at radius 2 is 1.90 bits per heavy atom. The summed E-state index contributed by atoms with van der Waals surface area (Å²) < 4.78 is 25.4. The van der Waals surface area contributed by atoms with Crippen LogP contribution in [0.25, 0.3) is 5.76 Å². The van der Waals surface area contributed by atoms with Crippen LogP contribution in [0.5, 0.6) is 5.75 Å². The van der Waals surface area contributed by atoms with E-state index in [-0.39, 0.29) is 29.5 Å². The molecule has 0 aliphatic carbocycles. The maximum Gasteiger partial charge on any atom is 0.295 e. The van der Waals surface area contributed by atoms with Gasteiger partial charge in [-0.3, -0.25) is 9.59 Å². The van der Waals surface area contributed by atoms with Crippen molar-refractivity contribution in [3.63, 3.8) is 0 Å². The number of aliphatic hydroxyl groups is 1. The average Bonchev–Trinajstić information content (AvgIpc) is 3.01. The lowest BCUT2D eigenvalue weighted by Gasteiger charge is -2.25. The van der Waals surface area contributed by atoms with Crippen molar-refractivity contribution in [3.8, 4) is 5.75 Å². The summed E-state index contributed by atoms with van der Waals surface area (Å²) in [4.78, 5) is 27.1. The molecular weight excluding hydrogens is 401 g/mol. The summed E-state index contributed by atoms with van der Waals surface area (Å²) in [5.41, 5.74) is 0.311. The van der Waals surface area contributed by atoms with Gasteiger partial charge < -0.3 is 19.5 Å². The third-order valence-electron chi connectivity index (χ3n) is 5.08. The third kappa shape index (κ3) is 4.77. The summed E-state index contributed by atoms with van der Waals surface area (Å²) in [5.74, 6) is -2.08. The molecule has 1 N–H and O–H groups in total. The summed E-state index contributed by atoms with van der Waals surface area (Å²) in [6, 6.07) is 11.4. The van der Waals surface area contributed by atoms with E-state index in [1.807, 2.05) is 13.8 Å². The lowest BCUT2D eigenvalue weighted by atomic mass is 9.95. The molecule has 31 heavy (non-hydrogen) atoms. The van der Waals surface area contributed by atoms with E-state index in [1.54, 1.807) is 30.3 Å². The summed E-state index contributed by atoms with van der Waals surface area (Å²) >= 11 is 0. The second kappa shape index (κ2) is 9.75. The van der Waals surface area contributed by atoms with Gasteiger partial charge in [0, 0.05) is 24.3 Å². The van der Waals surface area contributed by atoms with Gasteiger partial charge >= 0.3 is 0 Å². The first kappa shape index (κ1) is 22.5. The third-order valence-corrected chi connectivity index (χ3v) is 5.08. The molecule has 164 valence electrons. The second-order valence-corrected chi connectivity index (χ2v) is 7.52. The molecule has 1 saturated heterocycles. The van der Waals surface area contributed by atoms with Gasteiger partial charge in [-0.2, -0.15) is 0 Å². The number of rotatable bonds is 8. The Labute approximate surface area is 180 Å². The highest BCUT2D eigenvalue weighted by atomic mass is 19.1. The molecule has 2 aromatic carbocycles. The van der Waals surface area contributed by atoms with Crippen LogP contribution in [0, 0.1) is 5.82 Å². The number of aliphatic hydroxyl groups excluding tert-OH is 1. The quantitative estimate of drug-likeness (QED) is 0.297. The molecule has 0 bridgehead atoms. The van der Waals surface area contributed by atoms with Crippen LogP contribution in [-0.2, 0) is 14.3 Å². The number of halogens is 1. The number of benzene rings is 2. The smallest absolute Gasteiger partial charge is 0.295 e. The van der Waals surface area contributed by atoms with E-state index in [2.05, 4.69) is 0 Å². The highest BCUT2D eigenvalue weighted by Crippen LogP contribution is 2.40. The molecule has 6 nitrogen and oxygen atoms in total. The first-order valence-corrected chi connectivity index (χ1v) is 10.1. The zero-order valence-electron chi connectivity index (χ0n) is 17.8. The van der Waals surface area contributed by atoms with Crippen LogP contribution in [0.4, 0.5) is 4.39 Å². The van der Waals surface area contributed by atoms with Gasteiger partial charge in [-0.15, -0.1) is 0 Å². The first-order chi connectivity index (χ1) is 14.8. The largest absolute Gasteiger partial charge is 0.507 e.